The van der Waals surface area contributed by atoms with Crippen molar-refractivity contribution in [2.75, 3.05) is 26.3 Å². The average molecular weight is 206 g/mol. The van der Waals surface area contributed by atoms with E-state index in [1.807, 2.05) is 0 Å². The first-order chi connectivity index (χ1) is 7.40. The van der Waals surface area contributed by atoms with Gasteiger partial charge in [0.25, 0.3) is 0 Å². The molecule has 0 spiro atoms. The van der Waals surface area contributed by atoms with Gasteiger partial charge in [-0.05, 0) is 11.1 Å². The fraction of sp³-hybridized carbons (Fsp3) is 0.500. The lowest BCUT2D eigenvalue weighted by Crippen LogP contribution is -2.23. The van der Waals surface area contributed by atoms with Gasteiger partial charge in [0.15, 0.2) is 0 Å². The normalized spacial score (nSPS) is 15.5. The summed E-state index contributed by atoms with van der Waals surface area (Å²) in [5.41, 5.74) is 8.26. The van der Waals surface area contributed by atoms with Gasteiger partial charge in [-0.15, -0.1) is 0 Å². The van der Waals surface area contributed by atoms with Gasteiger partial charge in [-0.2, -0.15) is 0 Å². The van der Waals surface area contributed by atoms with E-state index in [2.05, 4.69) is 29.2 Å². The Hall–Kier alpha value is -0.900. The van der Waals surface area contributed by atoms with Crippen LogP contribution in [0.15, 0.2) is 24.3 Å². The van der Waals surface area contributed by atoms with Crippen molar-refractivity contribution in [3.05, 3.63) is 35.4 Å². The fourth-order valence-corrected chi connectivity index (χ4v) is 1.94. The molecule has 82 valence electrons. The lowest BCUT2D eigenvalue weighted by molar-refractivity contribution is 0.108. The number of fused-ring (bicyclic) bond motifs is 1. The third-order valence-corrected chi connectivity index (χ3v) is 2.72. The summed E-state index contributed by atoms with van der Waals surface area (Å²) < 4.78 is 5.38. The van der Waals surface area contributed by atoms with Crippen molar-refractivity contribution in [3.63, 3.8) is 0 Å². The Morgan fingerprint density at radius 2 is 1.80 bits per heavy atom. The molecular formula is C12H18N2O. The topological polar surface area (TPSA) is 38.5 Å². The van der Waals surface area contributed by atoms with Crippen LogP contribution < -0.4 is 5.73 Å². The minimum absolute atomic E-state index is 0.611. The molecule has 0 fully saturated rings. The molecule has 0 saturated heterocycles. The van der Waals surface area contributed by atoms with Crippen molar-refractivity contribution in [2.24, 2.45) is 5.73 Å². The molecule has 2 N–H and O–H groups in total. The number of benzene rings is 1. The molecule has 0 bridgehead atoms. The first-order valence-electron chi connectivity index (χ1n) is 5.47. The van der Waals surface area contributed by atoms with Crippen LogP contribution in [0.3, 0.4) is 0 Å². The van der Waals surface area contributed by atoms with E-state index in [4.69, 9.17) is 10.5 Å². The summed E-state index contributed by atoms with van der Waals surface area (Å²) in [7, 11) is 0. The summed E-state index contributed by atoms with van der Waals surface area (Å²) in [6, 6.07) is 8.62. The second-order valence-electron chi connectivity index (χ2n) is 3.88. The number of nitrogens with zero attached hydrogens (tertiary/aromatic N) is 1. The molecule has 0 unspecified atom stereocenters. The molecule has 0 atom stereocenters. The molecule has 1 heterocycles. The highest BCUT2D eigenvalue weighted by Gasteiger charge is 2.17. The van der Waals surface area contributed by atoms with Gasteiger partial charge >= 0.3 is 0 Å². The van der Waals surface area contributed by atoms with E-state index in [1.165, 1.54) is 11.1 Å². The van der Waals surface area contributed by atoms with E-state index in [9.17, 15) is 0 Å². The van der Waals surface area contributed by atoms with E-state index >= 15 is 0 Å². The first kappa shape index (κ1) is 10.6. The summed E-state index contributed by atoms with van der Waals surface area (Å²) in [6.07, 6.45) is 0. The number of ether oxygens (including phenoxy) is 1. The highest BCUT2D eigenvalue weighted by Crippen LogP contribution is 2.21. The molecular weight excluding hydrogens is 188 g/mol. The van der Waals surface area contributed by atoms with Gasteiger partial charge in [-0.1, -0.05) is 24.3 Å². The first-order valence-corrected chi connectivity index (χ1v) is 5.47. The van der Waals surface area contributed by atoms with E-state index in [0.717, 1.165) is 26.2 Å². The third kappa shape index (κ3) is 2.78. The average Bonchev–Trinajstić information content (AvgIpc) is 2.67. The van der Waals surface area contributed by atoms with E-state index < -0.39 is 0 Å². The zero-order chi connectivity index (χ0) is 10.5. The Kier molecular flexibility index (Phi) is 3.72. The maximum absolute atomic E-state index is 5.38. The van der Waals surface area contributed by atoms with E-state index in [-0.39, 0.29) is 0 Å². The van der Waals surface area contributed by atoms with E-state index in [0.29, 0.717) is 13.2 Å². The molecule has 1 aromatic rings. The van der Waals surface area contributed by atoms with Crippen LogP contribution in [-0.2, 0) is 17.8 Å². The lowest BCUT2D eigenvalue weighted by atomic mass is 10.1. The summed E-state index contributed by atoms with van der Waals surface area (Å²) in [5, 5.41) is 0. The van der Waals surface area contributed by atoms with Gasteiger partial charge < -0.3 is 10.5 Å². The molecule has 1 aliphatic rings. The van der Waals surface area contributed by atoms with Gasteiger partial charge in [-0.3, -0.25) is 4.90 Å². The zero-order valence-corrected chi connectivity index (χ0v) is 8.98. The van der Waals surface area contributed by atoms with Gasteiger partial charge in [0.1, 0.15) is 0 Å². The summed E-state index contributed by atoms with van der Waals surface area (Å²) in [5.74, 6) is 0. The molecule has 1 aromatic carbocycles. The minimum atomic E-state index is 0.611. The van der Waals surface area contributed by atoms with Crippen LogP contribution in [0.4, 0.5) is 0 Å². The number of hydrogen-bond acceptors (Lipinski definition) is 3. The van der Waals surface area contributed by atoms with Gasteiger partial charge in [-0.25, -0.2) is 0 Å². The molecule has 2 rings (SSSR count). The van der Waals surface area contributed by atoms with Crippen LogP contribution in [0, 0.1) is 0 Å². The maximum Gasteiger partial charge on any atom is 0.0594 e. The predicted molar refractivity (Wildman–Crippen MR) is 60.4 cm³/mol. The summed E-state index contributed by atoms with van der Waals surface area (Å²) in [4.78, 5) is 2.40. The number of rotatable bonds is 5. The van der Waals surface area contributed by atoms with Crippen LogP contribution in [0.25, 0.3) is 0 Å². The van der Waals surface area contributed by atoms with E-state index in [1.54, 1.807) is 0 Å². The second kappa shape index (κ2) is 5.26. The molecule has 3 heteroatoms. The number of hydrogen-bond donors (Lipinski definition) is 1. The van der Waals surface area contributed by atoms with Crippen LogP contribution >= 0.6 is 0 Å². The molecule has 3 nitrogen and oxygen atoms in total. The van der Waals surface area contributed by atoms with Gasteiger partial charge in [0.05, 0.1) is 13.2 Å². The highest BCUT2D eigenvalue weighted by atomic mass is 16.5. The van der Waals surface area contributed by atoms with Gasteiger partial charge in [0, 0.05) is 26.2 Å². The van der Waals surface area contributed by atoms with Crippen LogP contribution in [0.2, 0.25) is 0 Å². The molecule has 15 heavy (non-hydrogen) atoms. The molecule has 0 amide bonds. The standard InChI is InChI=1S/C12H18N2O/c13-5-7-15-8-6-14-9-11-3-1-2-4-12(11)10-14/h1-4H,5-10,13H2. The third-order valence-electron chi connectivity index (χ3n) is 2.72. The largest absolute Gasteiger partial charge is 0.379 e. The summed E-state index contributed by atoms with van der Waals surface area (Å²) >= 11 is 0. The smallest absolute Gasteiger partial charge is 0.0594 e. The quantitative estimate of drug-likeness (QED) is 0.730. The maximum atomic E-state index is 5.38. The van der Waals surface area contributed by atoms with Gasteiger partial charge in [0.2, 0.25) is 0 Å². The van der Waals surface area contributed by atoms with Crippen LogP contribution in [-0.4, -0.2) is 31.2 Å². The van der Waals surface area contributed by atoms with Crippen molar-refractivity contribution in [3.8, 4) is 0 Å². The van der Waals surface area contributed by atoms with Crippen LogP contribution in [0.1, 0.15) is 11.1 Å². The predicted octanol–water partition coefficient (Wildman–Crippen LogP) is 0.977. The summed E-state index contributed by atoms with van der Waals surface area (Å²) in [6.45, 7) is 5.17. The van der Waals surface area contributed by atoms with Crippen molar-refractivity contribution in [1.82, 2.24) is 4.90 Å². The molecule has 0 radical (unpaired) electrons. The van der Waals surface area contributed by atoms with Crippen LogP contribution in [0.5, 0.6) is 0 Å². The van der Waals surface area contributed by atoms with Crippen molar-refractivity contribution < 1.29 is 4.74 Å². The molecule has 0 saturated carbocycles. The van der Waals surface area contributed by atoms with Crippen molar-refractivity contribution >= 4 is 0 Å². The van der Waals surface area contributed by atoms with Crippen molar-refractivity contribution in [2.45, 2.75) is 13.1 Å². The zero-order valence-electron chi connectivity index (χ0n) is 8.98. The Labute approximate surface area is 90.8 Å². The molecule has 0 aromatic heterocycles. The highest BCUT2D eigenvalue weighted by molar-refractivity contribution is 5.30. The lowest BCUT2D eigenvalue weighted by Gasteiger charge is -2.14. The molecule has 0 aliphatic carbocycles. The monoisotopic (exact) mass is 206 g/mol. The Morgan fingerprint density at radius 3 is 2.40 bits per heavy atom. The Morgan fingerprint density at radius 1 is 1.13 bits per heavy atom. The fourth-order valence-electron chi connectivity index (χ4n) is 1.94. The second-order valence-corrected chi connectivity index (χ2v) is 3.88. The Bertz CT molecular complexity index is 289. The SMILES string of the molecule is NCCOCCN1Cc2ccccc2C1. The minimum Gasteiger partial charge on any atom is -0.379 e. The number of nitrogens with two attached hydrogens (primary N) is 1. The van der Waals surface area contributed by atoms with Crippen molar-refractivity contribution in [1.29, 1.82) is 0 Å². The Balaban J connectivity index is 1.76. The molecule has 1 aliphatic heterocycles.